The Morgan fingerprint density at radius 3 is 2.78 bits per heavy atom. The zero-order chi connectivity index (χ0) is 12.5. The molecule has 3 nitrogen and oxygen atoms in total. The van der Waals surface area contributed by atoms with Gasteiger partial charge in [-0.1, -0.05) is 6.92 Å². The molecule has 1 atom stereocenters. The molecule has 1 N–H and O–H groups in total. The second-order valence-electron chi connectivity index (χ2n) is 6.24. The van der Waals surface area contributed by atoms with Gasteiger partial charge < -0.3 is 5.32 Å². The zero-order valence-electron chi connectivity index (χ0n) is 11.7. The summed E-state index contributed by atoms with van der Waals surface area (Å²) in [5.41, 5.74) is 2.91. The standard InChI is InChI=1S/C15H25N3/c1-11-6-8-12(9-7-11)17-14-4-3-5-15-13(14)10-16-18(15)2/h10-12,14,17H,3-9H2,1-2H3. The first kappa shape index (κ1) is 12.2. The number of hydrogen-bond acceptors (Lipinski definition) is 2. The predicted octanol–water partition coefficient (Wildman–Crippen LogP) is 2.97. The van der Waals surface area contributed by atoms with Crippen LogP contribution in [0.2, 0.25) is 0 Å². The molecule has 1 aromatic rings. The lowest BCUT2D eigenvalue weighted by molar-refractivity contribution is 0.277. The van der Waals surface area contributed by atoms with E-state index in [9.17, 15) is 0 Å². The van der Waals surface area contributed by atoms with Crippen LogP contribution in [0.3, 0.4) is 0 Å². The summed E-state index contributed by atoms with van der Waals surface area (Å²) < 4.78 is 2.06. The zero-order valence-corrected chi connectivity index (χ0v) is 11.7. The van der Waals surface area contributed by atoms with Crippen LogP contribution in [0.4, 0.5) is 0 Å². The van der Waals surface area contributed by atoms with Crippen LogP contribution < -0.4 is 5.32 Å². The Hall–Kier alpha value is -0.830. The summed E-state index contributed by atoms with van der Waals surface area (Å²) in [7, 11) is 2.07. The molecule has 0 aromatic carbocycles. The molecule has 1 fully saturated rings. The van der Waals surface area contributed by atoms with Crippen molar-refractivity contribution in [3.05, 3.63) is 17.5 Å². The highest BCUT2D eigenvalue weighted by molar-refractivity contribution is 5.24. The molecule has 1 aromatic heterocycles. The van der Waals surface area contributed by atoms with Crippen LogP contribution in [0.5, 0.6) is 0 Å². The number of nitrogens with zero attached hydrogens (tertiary/aromatic N) is 2. The molecule has 0 saturated heterocycles. The molecule has 2 aliphatic carbocycles. The number of aryl methyl sites for hydroxylation is 1. The Balaban J connectivity index is 1.67. The second-order valence-corrected chi connectivity index (χ2v) is 6.24. The fraction of sp³-hybridized carbons (Fsp3) is 0.800. The van der Waals surface area contributed by atoms with Gasteiger partial charge in [-0.3, -0.25) is 4.68 Å². The maximum atomic E-state index is 4.43. The molecule has 1 saturated carbocycles. The van der Waals surface area contributed by atoms with Crippen LogP contribution in [0.25, 0.3) is 0 Å². The van der Waals surface area contributed by atoms with Crippen LogP contribution in [0, 0.1) is 5.92 Å². The van der Waals surface area contributed by atoms with E-state index in [1.165, 1.54) is 56.2 Å². The lowest BCUT2D eigenvalue weighted by atomic mass is 9.85. The van der Waals surface area contributed by atoms with Crippen LogP contribution >= 0.6 is 0 Å². The van der Waals surface area contributed by atoms with E-state index < -0.39 is 0 Å². The average Bonchev–Trinajstić information content (AvgIpc) is 2.76. The van der Waals surface area contributed by atoms with Crippen molar-refractivity contribution in [1.82, 2.24) is 15.1 Å². The molecule has 0 spiro atoms. The SMILES string of the molecule is CC1CCC(NC2CCCc3c2cnn3C)CC1. The third-order valence-corrected chi connectivity index (χ3v) is 4.83. The monoisotopic (exact) mass is 247 g/mol. The lowest BCUT2D eigenvalue weighted by Gasteiger charge is -2.32. The number of aromatic nitrogens is 2. The third kappa shape index (κ3) is 2.33. The van der Waals surface area contributed by atoms with Crippen LogP contribution in [0.15, 0.2) is 6.20 Å². The number of nitrogens with one attached hydrogen (secondary N) is 1. The molecule has 0 radical (unpaired) electrons. The van der Waals surface area contributed by atoms with Crippen molar-refractivity contribution >= 4 is 0 Å². The summed E-state index contributed by atoms with van der Waals surface area (Å²) in [6, 6.07) is 1.29. The van der Waals surface area contributed by atoms with E-state index in [1.807, 2.05) is 0 Å². The fourth-order valence-corrected chi connectivity index (χ4v) is 3.59. The van der Waals surface area contributed by atoms with Gasteiger partial charge in [0.05, 0.1) is 6.20 Å². The number of rotatable bonds is 2. The first-order chi connectivity index (χ1) is 8.74. The molecule has 3 heteroatoms. The van der Waals surface area contributed by atoms with Crippen LogP contribution in [-0.4, -0.2) is 15.8 Å². The minimum atomic E-state index is 0.556. The van der Waals surface area contributed by atoms with Crippen molar-refractivity contribution in [3.8, 4) is 0 Å². The van der Waals surface area contributed by atoms with Crippen molar-refractivity contribution in [2.24, 2.45) is 13.0 Å². The Labute approximate surface area is 110 Å². The molecule has 1 unspecified atom stereocenters. The summed E-state index contributed by atoms with van der Waals surface area (Å²) in [5.74, 6) is 0.934. The van der Waals surface area contributed by atoms with Gasteiger partial charge in [0.15, 0.2) is 0 Å². The molecule has 100 valence electrons. The smallest absolute Gasteiger partial charge is 0.0540 e. The van der Waals surface area contributed by atoms with Gasteiger partial charge in [0.1, 0.15) is 0 Å². The quantitative estimate of drug-likeness (QED) is 0.870. The van der Waals surface area contributed by atoms with Gasteiger partial charge in [-0.2, -0.15) is 5.10 Å². The van der Waals surface area contributed by atoms with Crippen molar-refractivity contribution in [2.45, 2.75) is 64.0 Å². The summed E-state index contributed by atoms with van der Waals surface area (Å²) in [4.78, 5) is 0. The first-order valence-corrected chi connectivity index (χ1v) is 7.51. The van der Waals surface area contributed by atoms with E-state index in [0.29, 0.717) is 6.04 Å². The van der Waals surface area contributed by atoms with Crippen LogP contribution in [0.1, 0.15) is 62.7 Å². The Kier molecular flexibility index (Phi) is 3.42. The molecular weight excluding hydrogens is 222 g/mol. The second kappa shape index (κ2) is 5.04. The molecule has 0 amide bonds. The summed E-state index contributed by atoms with van der Waals surface area (Å²) in [5, 5.41) is 8.32. The minimum absolute atomic E-state index is 0.556. The van der Waals surface area contributed by atoms with E-state index in [-0.39, 0.29) is 0 Å². The normalized spacial score (nSPS) is 32.2. The maximum Gasteiger partial charge on any atom is 0.0540 e. The number of fused-ring (bicyclic) bond motifs is 1. The Morgan fingerprint density at radius 1 is 1.22 bits per heavy atom. The Morgan fingerprint density at radius 2 is 2.00 bits per heavy atom. The van der Waals surface area contributed by atoms with Gasteiger partial charge in [0.25, 0.3) is 0 Å². The number of hydrogen-bond donors (Lipinski definition) is 1. The van der Waals surface area contributed by atoms with Crippen LogP contribution in [-0.2, 0) is 13.5 Å². The van der Waals surface area contributed by atoms with Gasteiger partial charge in [0, 0.05) is 30.4 Å². The van der Waals surface area contributed by atoms with Gasteiger partial charge in [-0.25, -0.2) is 0 Å². The summed E-state index contributed by atoms with van der Waals surface area (Å²) in [6.07, 6.45) is 11.4. The van der Waals surface area contributed by atoms with E-state index in [2.05, 4.69) is 35.3 Å². The van der Waals surface area contributed by atoms with Gasteiger partial charge >= 0.3 is 0 Å². The molecule has 3 rings (SSSR count). The van der Waals surface area contributed by atoms with Crippen molar-refractivity contribution < 1.29 is 0 Å². The van der Waals surface area contributed by atoms with Crippen molar-refractivity contribution in [1.29, 1.82) is 0 Å². The molecule has 1 heterocycles. The third-order valence-electron chi connectivity index (χ3n) is 4.83. The minimum Gasteiger partial charge on any atom is -0.307 e. The van der Waals surface area contributed by atoms with E-state index in [1.54, 1.807) is 0 Å². The highest BCUT2D eigenvalue weighted by Crippen LogP contribution is 2.32. The highest BCUT2D eigenvalue weighted by Gasteiger charge is 2.26. The van der Waals surface area contributed by atoms with E-state index in [0.717, 1.165) is 12.0 Å². The Bertz CT molecular complexity index is 402. The van der Waals surface area contributed by atoms with Gasteiger partial charge in [0.2, 0.25) is 0 Å². The molecule has 18 heavy (non-hydrogen) atoms. The molecule has 2 aliphatic rings. The topological polar surface area (TPSA) is 29.9 Å². The van der Waals surface area contributed by atoms with Crippen molar-refractivity contribution in [2.75, 3.05) is 0 Å². The molecular formula is C15H25N3. The summed E-state index contributed by atoms with van der Waals surface area (Å²) >= 11 is 0. The predicted molar refractivity (Wildman–Crippen MR) is 73.4 cm³/mol. The lowest BCUT2D eigenvalue weighted by Crippen LogP contribution is -2.37. The largest absolute Gasteiger partial charge is 0.307 e. The van der Waals surface area contributed by atoms with Gasteiger partial charge in [-0.15, -0.1) is 0 Å². The maximum absolute atomic E-state index is 4.43. The average molecular weight is 247 g/mol. The summed E-state index contributed by atoms with van der Waals surface area (Å²) in [6.45, 7) is 2.38. The first-order valence-electron chi connectivity index (χ1n) is 7.51. The molecule has 0 aliphatic heterocycles. The van der Waals surface area contributed by atoms with E-state index >= 15 is 0 Å². The molecule has 0 bridgehead atoms. The highest BCUT2D eigenvalue weighted by atomic mass is 15.3. The van der Waals surface area contributed by atoms with E-state index in [4.69, 9.17) is 0 Å². The van der Waals surface area contributed by atoms with Crippen molar-refractivity contribution in [3.63, 3.8) is 0 Å². The fourth-order valence-electron chi connectivity index (χ4n) is 3.59. The van der Waals surface area contributed by atoms with Gasteiger partial charge in [-0.05, 0) is 50.9 Å².